The first-order valence-electron chi connectivity index (χ1n) is 5.00. The fraction of sp³-hybridized carbons (Fsp3) is 0.900. The van der Waals surface area contributed by atoms with Gasteiger partial charge in [0, 0.05) is 0 Å². The van der Waals surface area contributed by atoms with Crippen LogP contribution < -0.4 is 0 Å². The maximum Gasteiger partial charge on any atom is 0.306 e. The lowest BCUT2D eigenvalue weighted by Crippen LogP contribution is -2.22. The van der Waals surface area contributed by atoms with E-state index in [0.29, 0.717) is 5.92 Å². The van der Waals surface area contributed by atoms with Crippen LogP contribution in [0.25, 0.3) is 0 Å². The van der Waals surface area contributed by atoms with Gasteiger partial charge in [0.1, 0.15) is 0 Å². The Bertz CT molecular complexity index is 180. The number of aliphatic carboxylic acids is 1. The second-order valence-corrected chi connectivity index (χ2v) is 4.30. The van der Waals surface area contributed by atoms with Gasteiger partial charge in [-0.25, -0.2) is 0 Å². The van der Waals surface area contributed by atoms with Gasteiger partial charge >= 0.3 is 5.97 Å². The zero-order chi connectivity index (χ0) is 8.55. The van der Waals surface area contributed by atoms with Gasteiger partial charge in [-0.05, 0) is 37.5 Å². The second kappa shape index (κ2) is 3.08. The van der Waals surface area contributed by atoms with Gasteiger partial charge in [-0.15, -0.1) is 0 Å². The van der Waals surface area contributed by atoms with Crippen molar-refractivity contribution in [3.63, 3.8) is 0 Å². The van der Waals surface area contributed by atoms with Crippen LogP contribution in [0.15, 0.2) is 0 Å². The molecule has 2 nitrogen and oxygen atoms in total. The van der Waals surface area contributed by atoms with E-state index >= 15 is 0 Å². The van der Waals surface area contributed by atoms with E-state index in [4.69, 9.17) is 5.11 Å². The third-order valence-electron chi connectivity index (χ3n) is 3.66. The summed E-state index contributed by atoms with van der Waals surface area (Å²) in [6.45, 7) is 0. The van der Waals surface area contributed by atoms with Crippen molar-refractivity contribution in [3.8, 4) is 0 Å². The van der Waals surface area contributed by atoms with E-state index in [2.05, 4.69) is 0 Å². The highest BCUT2D eigenvalue weighted by Gasteiger charge is 2.35. The number of hydrogen-bond donors (Lipinski definition) is 1. The van der Waals surface area contributed by atoms with Crippen LogP contribution in [0, 0.1) is 17.8 Å². The molecule has 2 heteroatoms. The zero-order valence-electron chi connectivity index (χ0n) is 7.33. The van der Waals surface area contributed by atoms with Crippen molar-refractivity contribution in [3.05, 3.63) is 0 Å². The van der Waals surface area contributed by atoms with Gasteiger partial charge in [0.25, 0.3) is 0 Å². The summed E-state index contributed by atoms with van der Waals surface area (Å²) in [5, 5.41) is 8.98. The first-order chi connectivity index (χ1) is 5.77. The lowest BCUT2D eigenvalue weighted by atomic mass is 9.80. The average molecular weight is 168 g/mol. The predicted octanol–water partition coefficient (Wildman–Crippen LogP) is 2.29. The van der Waals surface area contributed by atoms with Gasteiger partial charge in [0.05, 0.1) is 5.92 Å². The van der Waals surface area contributed by atoms with Gasteiger partial charge in [-0.3, -0.25) is 4.79 Å². The van der Waals surface area contributed by atoms with Crippen LogP contribution >= 0.6 is 0 Å². The van der Waals surface area contributed by atoms with Crippen molar-refractivity contribution in [2.45, 2.75) is 38.5 Å². The molecule has 1 atom stereocenters. The number of rotatable bonds is 1. The summed E-state index contributed by atoms with van der Waals surface area (Å²) in [6, 6.07) is 0. The first-order valence-corrected chi connectivity index (χ1v) is 5.00. The molecule has 3 fully saturated rings. The molecule has 0 aliphatic heterocycles. The van der Waals surface area contributed by atoms with Crippen LogP contribution in [0.2, 0.25) is 0 Å². The Balaban J connectivity index is 2.10. The molecule has 3 saturated carbocycles. The molecule has 0 amide bonds. The Morgan fingerprint density at radius 2 is 1.58 bits per heavy atom. The quantitative estimate of drug-likeness (QED) is 0.652. The summed E-state index contributed by atoms with van der Waals surface area (Å²) >= 11 is 0. The standard InChI is InChI=1S/C10H16O2/c11-10(12)9-6-3-7-1-4-8(9)5-2-7/h7-9H,1-6H2,(H,11,12). The highest BCUT2D eigenvalue weighted by molar-refractivity contribution is 5.70. The largest absolute Gasteiger partial charge is 0.481 e. The van der Waals surface area contributed by atoms with Crippen LogP contribution in [0.1, 0.15) is 38.5 Å². The number of carboxylic acids is 1. The Morgan fingerprint density at radius 3 is 2.17 bits per heavy atom. The topological polar surface area (TPSA) is 37.3 Å². The monoisotopic (exact) mass is 168 g/mol. The SMILES string of the molecule is O=C(O)C1CCC2CCC1CC2. The predicted molar refractivity (Wildman–Crippen MR) is 45.8 cm³/mol. The van der Waals surface area contributed by atoms with E-state index in [1.807, 2.05) is 0 Å². The molecule has 0 aromatic rings. The smallest absolute Gasteiger partial charge is 0.306 e. The molecule has 0 heterocycles. The minimum atomic E-state index is -0.553. The van der Waals surface area contributed by atoms with E-state index in [1.54, 1.807) is 0 Å². The summed E-state index contributed by atoms with van der Waals surface area (Å²) in [7, 11) is 0. The molecule has 1 unspecified atom stereocenters. The lowest BCUT2D eigenvalue weighted by molar-refractivity contribution is -0.143. The van der Waals surface area contributed by atoms with Crippen LogP contribution in [0.5, 0.6) is 0 Å². The normalized spacial score (nSPS) is 40.8. The fourth-order valence-corrected chi connectivity index (χ4v) is 2.86. The Morgan fingerprint density at radius 1 is 1.00 bits per heavy atom. The van der Waals surface area contributed by atoms with Crippen LogP contribution in [0.3, 0.4) is 0 Å². The fourth-order valence-electron chi connectivity index (χ4n) is 2.86. The van der Waals surface area contributed by atoms with Crippen LogP contribution in [0.4, 0.5) is 0 Å². The number of fused-ring (bicyclic) bond motifs is 4. The first kappa shape index (κ1) is 8.09. The van der Waals surface area contributed by atoms with Crippen molar-refractivity contribution >= 4 is 5.97 Å². The second-order valence-electron chi connectivity index (χ2n) is 4.30. The molecule has 0 radical (unpaired) electrons. The van der Waals surface area contributed by atoms with E-state index < -0.39 is 5.97 Å². The summed E-state index contributed by atoms with van der Waals surface area (Å²) in [4.78, 5) is 10.9. The molecule has 3 rings (SSSR count). The van der Waals surface area contributed by atoms with Gasteiger partial charge in [-0.2, -0.15) is 0 Å². The van der Waals surface area contributed by atoms with Crippen molar-refractivity contribution in [1.29, 1.82) is 0 Å². The molecule has 0 aromatic carbocycles. The third-order valence-corrected chi connectivity index (χ3v) is 3.66. The molecule has 0 spiro atoms. The van der Waals surface area contributed by atoms with Gasteiger partial charge in [0.15, 0.2) is 0 Å². The molecule has 3 aliphatic carbocycles. The van der Waals surface area contributed by atoms with Gasteiger partial charge in [-0.1, -0.05) is 12.8 Å². The van der Waals surface area contributed by atoms with Gasteiger partial charge in [0.2, 0.25) is 0 Å². The van der Waals surface area contributed by atoms with Crippen LogP contribution in [-0.2, 0) is 4.79 Å². The molecule has 3 aliphatic rings. The molecule has 12 heavy (non-hydrogen) atoms. The Hall–Kier alpha value is -0.530. The minimum absolute atomic E-state index is 0.0162. The Labute approximate surface area is 73.0 Å². The van der Waals surface area contributed by atoms with Crippen LogP contribution in [-0.4, -0.2) is 11.1 Å². The number of hydrogen-bond acceptors (Lipinski definition) is 1. The number of carboxylic acid groups (broad SMARTS) is 1. The molecule has 2 bridgehead atoms. The molecule has 1 N–H and O–H groups in total. The summed E-state index contributed by atoms with van der Waals surface area (Å²) in [5.74, 6) is 0.784. The van der Waals surface area contributed by atoms with E-state index in [-0.39, 0.29) is 5.92 Å². The average Bonchev–Trinajstić information content (AvgIpc) is 2.36. The molecule has 0 saturated heterocycles. The van der Waals surface area contributed by atoms with Crippen molar-refractivity contribution in [1.82, 2.24) is 0 Å². The third kappa shape index (κ3) is 1.35. The summed E-state index contributed by atoms with van der Waals surface area (Å²) in [6.07, 6.45) is 7.00. The molecule has 0 aromatic heterocycles. The number of carbonyl (C=O) groups is 1. The van der Waals surface area contributed by atoms with Crippen molar-refractivity contribution in [2.24, 2.45) is 17.8 Å². The lowest BCUT2D eigenvalue weighted by Gasteiger charge is -2.25. The van der Waals surface area contributed by atoms with E-state index in [1.165, 1.54) is 25.7 Å². The maximum absolute atomic E-state index is 10.9. The Kier molecular flexibility index (Phi) is 2.07. The zero-order valence-corrected chi connectivity index (χ0v) is 7.33. The summed E-state index contributed by atoms with van der Waals surface area (Å²) in [5.41, 5.74) is 0. The molecular weight excluding hydrogens is 152 g/mol. The minimum Gasteiger partial charge on any atom is -0.481 e. The molecular formula is C10H16O2. The highest BCUT2D eigenvalue weighted by atomic mass is 16.4. The van der Waals surface area contributed by atoms with E-state index in [9.17, 15) is 4.79 Å². The highest BCUT2D eigenvalue weighted by Crippen LogP contribution is 2.42. The molecule has 68 valence electrons. The van der Waals surface area contributed by atoms with Gasteiger partial charge < -0.3 is 5.11 Å². The van der Waals surface area contributed by atoms with Crippen molar-refractivity contribution < 1.29 is 9.90 Å². The maximum atomic E-state index is 10.9. The summed E-state index contributed by atoms with van der Waals surface area (Å²) < 4.78 is 0. The van der Waals surface area contributed by atoms with E-state index in [0.717, 1.165) is 18.8 Å². The van der Waals surface area contributed by atoms with Crippen molar-refractivity contribution in [2.75, 3.05) is 0 Å².